The van der Waals surface area contributed by atoms with E-state index in [0.29, 0.717) is 13.1 Å². The highest BCUT2D eigenvalue weighted by Crippen LogP contribution is 2.16. The molecule has 0 radical (unpaired) electrons. The van der Waals surface area contributed by atoms with Gasteiger partial charge >= 0.3 is 0 Å². The molecule has 3 unspecified atom stereocenters. The van der Waals surface area contributed by atoms with Gasteiger partial charge in [0.15, 0.2) is 0 Å². The molecule has 1 aliphatic heterocycles. The van der Waals surface area contributed by atoms with E-state index in [4.69, 9.17) is 15.2 Å². The zero-order chi connectivity index (χ0) is 14.6. The third-order valence-electron chi connectivity index (χ3n) is 3.25. The molecule has 0 aromatic rings. The average Bonchev–Trinajstić information content (AvgIpc) is 2.77. The van der Waals surface area contributed by atoms with Gasteiger partial charge in [-0.25, -0.2) is 8.42 Å². The smallest absolute Gasteiger partial charge is 0.239 e. The summed E-state index contributed by atoms with van der Waals surface area (Å²) in [5.74, 6) is -0.347. The Morgan fingerprint density at radius 2 is 1.79 bits per heavy atom. The zero-order valence-electron chi connectivity index (χ0n) is 11.5. The Morgan fingerprint density at radius 1 is 1.32 bits per heavy atom. The van der Waals surface area contributed by atoms with Crippen LogP contribution in [0, 0.1) is 0 Å². The minimum absolute atomic E-state index is 0.0881. The molecule has 1 fully saturated rings. The minimum Gasteiger partial charge on any atom is -0.377 e. The fraction of sp³-hybridized carbons (Fsp3) is 0.909. The first-order valence-corrected chi connectivity index (χ1v) is 8.12. The van der Waals surface area contributed by atoms with Gasteiger partial charge in [0.1, 0.15) is 22.0 Å². The van der Waals surface area contributed by atoms with E-state index < -0.39 is 15.9 Å². The van der Waals surface area contributed by atoms with E-state index in [1.54, 1.807) is 19.1 Å². The number of carbonyl (C=O) groups is 1. The highest BCUT2D eigenvalue weighted by molar-refractivity contribution is 7.90. The minimum atomic E-state index is -3.11. The van der Waals surface area contributed by atoms with Crippen molar-refractivity contribution in [1.29, 1.82) is 0 Å². The van der Waals surface area contributed by atoms with E-state index in [1.165, 1.54) is 0 Å². The first kappa shape index (κ1) is 16.4. The first-order chi connectivity index (χ1) is 8.78. The number of ether oxygens (including phenoxy) is 2. The molecule has 1 amide bonds. The summed E-state index contributed by atoms with van der Waals surface area (Å²) in [5.41, 5.74) is 5.74. The molecule has 7 nitrogen and oxygen atoms in total. The van der Waals surface area contributed by atoms with Crippen molar-refractivity contribution >= 4 is 15.7 Å². The molecule has 1 heterocycles. The molecule has 1 rings (SSSR count). The van der Waals surface area contributed by atoms with Crippen LogP contribution in [0.15, 0.2) is 0 Å². The molecular weight excluding hydrogens is 272 g/mol. The van der Waals surface area contributed by atoms with Crippen LogP contribution in [0.4, 0.5) is 0 Å². The second-order valence-corrected chi connectivity index (χ2v) is 7.08. The van der Waals surface area contributed by atoms with Crippen LogP contribution in [0.3, 0.4) is 0 Å². The van der Waals surface area contributed by atoms with Gasteiger partial charge in [0.05, 0.1) is 11.8 Å². The summed E-state index contributed by atoms with van der Waals surface area (Å²) in [4.78, 5) is 13.6. The SMILES string of the molecule is COC1CN(C(=O)C(N)CCS(C)(=O)=O)CC1OC. The normalized spacial score (nSPS) is 25.6. The Kier molecular flexibility index (Phi) is 5.72. The van der Waals surface area contributed by atoms with Gasteiger partial charge in [0.25, 0.3) is 0 Å². The van der Waals surface area contributed by atoms with E-state index >= 15 is 0 Å². The maximum absolute atomic E-state index is 12.1. The molecule has 0 saturated carbocycles. The average molecular weight is 294 g/mol. The van der Waals surface area contributed by atoms with Crippen LogP contribution in [0.1, 0.15) is 6.42 Å². The molecule has 0 bridgehead atoms. The largest absolute Gasteiger partial charge is 0.377 e. The zero-order valence-corrected chi connectivity index (χ0v) is 12.4. The number of nitrogens with zero attached hydrogens (tertiary/aromatic N) is 1. The van der Waals surface area contributed by atoms with Crippen molar-refractivity contribution in [2.75, 3.05) is 39.3 Å². The van der Waals surface area contributed by atoms with Gasteiger partial charge in [-0.1, -0.05) is 0 Å². The lowest BCUT2D eigenvalue weighted by Crippen LogP contribution is -2.44. The number of hydrogen-bond acceptors (Lipinski definition) is 6. The third kappa shape index (κ3) is 4.72. The van der Waals surface area contributed by atoms with E-state index in [1.807, 2.05) is 0 Å². The number of sulfone groups is 1. The quantitative estimate of drug-likeness (QED) is 0.648. The molecule has 8 heteroatoms. The van der Waals surface area contributed by atoms with E-state index in [-0.39, 0.29) is 30.3 Å². The lowest BCUT2D eigenvalue weighted by atomic mass is 10.2. The number of methoxy groups -OCH3 is 2. The molecule has 1 saturated heterocycles. The van der Waals surface area contributed by atoms with Crippen molar-refractivity contribution < 1.29 is 22.7 Å². The Balaban J connectivity index is 2.54. The second-order valence-electron chi connectivity index (χ2n) is 4.82. The Morgan fingerprint density at radius 3 is 2.16 bits per heavy atom. The fourth-order valence-corrected chi connectivity index (χ4v) is 2.76. The Bertz CT molecular complexity index is 399. The van der Waals surface area contributed by atoms with Crippen molar-refractivity contribution in [3.05, 3.63) is 0 Å². The number of amides is 1. The Hall–Kier alpha value is -0.700. The highest BCUT2D eigenvalue weighted by Gasteiger charge is 2.37. The van der Waals surface area contributed by atoms with Gasteiger partial charge in [0.2, 0.25) is 5.91 Å². The number of likely N-dealkylation sites (tertiary alicyclic amines) is 1. The molecule has 3 atom stereocenters. The highest BCUT2D eigenvalue weighted by atomic mass is 32.2. The number of hydrogen-bond donors (Lipinski definition) is 1. The summed E-state index contributed by atoms with van der Waals surface area (Å²) >= 11 is 0. The first-order valence-electron chi connectivity index (χ1n) is 6.06. The van der Waals surface area contributed by atoms with Crippen LogP contribution in [0.2, 0.25) is 0 Å². The van der Waals surface area contributed by atoms with Crippen molar-refractivity contribution in [2.45, 2.75) is 24.7 Å². The van der Waals surface area contributed by atoms with Gasteiger partial charge in [-0.3, -0.25) is 4.79 Å². The molecule has 0 aliphatic carbocycles. The monoisotopic (exact) mass is 294 g/mol. The number of nitrogens with two attached hydrogens (primary N) is 1. The summed E-state index contributed by atoms with van der Waals surface area (Å²) in [6.45, 7) is 0.834. The lowest BCUT2D eigenvalue weighted by Gasteiger charge is -2.20. The van der Waals surface area contributed by atoms with Crippen molar-refractivity contribution in [3.63, 3.8) is 0 Å². The standard InChI is InChI=1S/C11H22N2O5S/c1-17-9-6-13(7-10(9)18-2)11(14)8(12)4-5-19(3,15)16/h8-10H,4-7,12H2,1-3H3. The lowest BCUT2D eigenvalue weighted by molar-refractivity contribution is -0.132. The van der Waals surface area contributed by atoms with Crippen molar-refractivity contribution in [1.82, 2.24) is 4.90 Å². The summed E-state index contributed by atoms with van der Waals surface area (Å²) in [6, 6.07) is -0.803. The second kappa shape index (κ2) is 6.65. The summed E-state index contributed by atoms with van der Waals surface area (Å²) in [6.07, 6.45) is 0.915. The fourth-order valence-electron chi connectivity index (χ4n) is 2.08. The maximum Gasteiger partial charge on any atom is 0.239 e. The van der Waals surface area contributed by atoms with Gasteiger partial charge in [-0.05, 0) is 6.42 Å². The topological polar surface area (TPSA) is 98.9 Å². The van der Waals surface area contributed by atoms with E-state index in [9.17, 15) is 13.2 Å². The summed E-state index contributed by atoms with van der Waals surface area (Å²) in [7, 11) is 0.0203. The van der Waals surface area contributed by atoms with E-state index in [0.717, 1.165) is 6.26 Å². The number of carbonyl (C=O) groups excluding carboxylic acids is 1. The molecule has 0 aromatic heterocycles. The van der Waals surface area contributed by atoms with Crippen LogP contribution >= 0.6 is 0 Å². The molecule has 19 heavy (non-hydrogen) atoms. The van der Waals surface area contributed by atoms with Crippen LogP contribution in [0.5, 0.6) is 0 Å². The number of rotatable bonds is 6. The van der Waals surface area contributed by atoms with Crippen LogP contribution < -0.4 is 5.73 Å². The molecule has 0 aromatic carbocycles. The predicted molar refractivity (Wildman–Crippen MR) is 70.5 cm³/mol. The van der Waals surface area contributed by atoms with Gasteiger partial charge in [-0.15, -0.1) is 0 Å². The van der Waals surface area contributed by atoms with Crippen molar-refractivity contribution in [2.24, 2.45) is 5.73 Å². The van der Waals surface area contributed by atoms with Gasteiger partial charge in [0, 0.05) is 33.6 Å². The molecule has 1 aliphatic rings. The predicted octanol–water partition coefficient (Wildman–Crippen LogP) is -1.38. The molecule has 2 N–H and O–H groups in total. The van der Waals surface area contributed by atoms with E-state index in [2.05, 4.69) is 0 Å². The van der Waals surface area contributed by atoms with Gasteiger partial charge < -0.3 is 20.1 Å². The maximum atomic E-state index is 12.1. The van der Waals surface area contributed by atoms with Gasteiger partial charge in [-0.2, -0.15) is 0 Å². The van der Waals surface area contributed by atoms with Crippen LogP contribution in [-0.4, -0.2) is 76.8 Å². The molecule has 112 valence electrons. The van der Waals surface area contributed by atoms with Crippen LogP contribution in [0.25, 0.3) is 0 Å². The summed E-state index contributed by atoms with van der Waals surface area (Å²) < 4.78 is 32.6. The molecular formula is C11H22N2O5S. The van der Waals surface area contributed by atoms with Crippen LogP contribution in [-0.2, 0) is 24.1 Å². The molecule has 0 spiro atoms. The summed E-state index contributed by atoms with van der Waals surface area (Å²) in [5, 5.41) is 0. The third-order valence-corrected chi connectivity index (χ3v) is 4.23. The van der Waals surface area contributed by atoms with Crippen molar-refractivity contribution in [3.8, 4) is 0 Å². The Labute approximate surface area is 113 Å².